The van der Waals surface area contributed by atoms with Gasteiger partial charge in [-0.2, -0.15) is 0 Å². The molecule has 5 rings (SSSR count). The molecule has 2 N–H and O–H groups in total. The van der Waals surface area contributed by atoms with Crippen LogP contribution in [0.1, 0.15) is 23.5 Å². The molecule has 4 aromatic rings. The lowest BCUT2D eigenvalue weighted by Crippen LogP contribution is -2.22. The van der Waals surface area contributed by atoms with Crippen molar-refractivity contribution in [1.82, 2.24) is 0 Å². The van der Waals surface area contributed by atoms with Crippen molar-refractivity contribution in [3.8, 4) is 45.6 Å². The van der Waals surface area contributed by atoms with Crippen molar-refractivity contribution in [3.05, 3.63) is 70.1 Å². The van der Waals surface area contributed by atoms with Crippen molar-refractivity contribution in [2.45, 2.75) is 12.3 Å². The molecule has 0 aliphatic carbocycles. The van der Waals surface area contributed by atoms with E-state index < -0.39 is 17.3 Å². The molecular formula is C27H22O9. The first kappa shape index (κ1) is 23.1. The molecule has 1 aromatic heterocycles. The third-order valence-electron chi connectivity index (χ3n) is 6.28. The summed E-state index contributed by atoms with van der Waals surface area (Å²) in [6, 6.07) is 11.3. The Morgan fingerprint density at radius 2 is 1.58 bits per heavy atom. The minimum Gasteiger partial charge on any atom is -0.507 e. The second kappa shape index (κ2) is 8.84. The Balaban J connectivity index is 1.75. The number of benzene rings is 3. The molecule has 9 heteroatoms. The lowest BCUT2D eigenvalue weighted by molar-refractivity contribution is -0.135. The van der Waals surface area contributed by atoms with E-state index in [1.54, 1.807) is 43.5 Å². The third-order valence-corrected chi connectivity index (χ3v) is 6.28. The fraction of sp³-hybridized carbons (Fsp3) is 0.185. The van der Waals surface area contributed by atoms with Crippen molar-refractivity contribution in [1.29, 1.82) is 0 Å². The van der Waals surface area contributed by atoms with Crippen LogP contribution in [0, 0.1) is 0 Å². The number of hydrogen-bond acceptors (Lipinski definition) is 9. The largest absolute Gasteiger partial charge is 0.507 e. The summed E-state index contributed by atoms with van der Waals surface area (Å²) in [5, 5.41) is 21.1. The minimum atomic E-state index is -0.636. The maximum absolute atomic E-state index is 13.5. The molecule has 0 radical (unpaired) electrons. The summed E-state index contributed by atoms with van der Waals surface area (Å²) in [6.07, 6.45) is 1.24. The van der Waals surface area contributed by atoms with E-state index in [4.69, 9.17) is 23.4 Å². The van der Waals surface area contributed by atoms with Gasteiger partial charge in [-0.3, -0.25) is 9.59 Å². The van der Waals surface area contributed by atoms with E-state index in [0.717, 1.165) is 0 Å². The van der Waals surface area contributed by atoms with Crippen LogP contribution in [0.4, 0.5) is 0 Å². The summed E-state index contributed by atoms with van der Waals surface area (Å²) < 4.78 is 27.1. The van der Waals surface area contributed by atoms with Gasteiger partial charge in [-0.1, -0.05) is 12.1 Å². The quantitative estimate of drug-likeness (QED) is 0.310. The molecule has 9 nitrogen and oxygen atoms in total. The number of aromatic hydroxyl groups is 2. The fourth-order valence-corrected chi connectivity index (χ4v) is 4.50. The molecular weight excluding hydrogens is 468 g/mol. The Hall–Kier alpha value is -4.66. The molecule has 0 bridgehead atoms. The van der Waals surface area contributed by atoms with E-state index in [9.17, 15) is 19.8 Å². The molecule has 36 heavy (non-hydrogen) atoms. The maximum atomic E-state index is 13.5. The molecule has 1 atom stereocenters. The predicted octanol–water partition coefficient (Wildman–Crippen LogP) is 4.34. The number of carbonyl (C=O) groups excluding carboxylic acids is 1. The third kappa shape index (κ3) is 3.65. The van der Waals surface area contributed by atoms with Crippen LogP contribution in [0.25, 0.3) is 22.1 Å². The van der Waals surface area contributed by atoms with Crippen molar-refractivity contribution < 1.29 is 38.4 Å². The van der Waals surface area contributed by atoms with Crippen LogP contribution in [0.5, 0.6) is 34.5 Å². The monoisotopic (exact) mass is 490 g/mol. The summed E-state index contributed by atoms with van der Waals surface area (Å²) in [7, 11) is 4.34. The zero-order valence-corrected chi connectivity index (χ0v) is 19.7. The zero-order chi connectivity index (χ0) is 25.6. The van der Waals surface area contributed by atoms with E-state index in [-0.39, 0.29) is 51.7 Å². The highest BCUT2D eigenvalue weighted by atomic mass is 16.5. The molecule has 0 spiro atoms. The molecule has 0 amide bonds. The van der Waals surface area contributed by atoms with Crippen LogP contribution >= 0.6 is 0 Å². The van der Waals surface area contributed by atoms with Gasteiger partial charge >= 0.3 is 5.97 Å². The second-order valence-corrected chi connectivity index (χ2v) is 8.22. The van der Waals surface area contributed by atoms with Gasteiger partial charge in [0.05, 0.1) is 33.3 Å². The number of hydrogen-bond donors (Lipinski definition) is 2. The van der Waals surface area contributed by atoms with Crippen LogP contribution < -0.4 is 24.4 Å². The molecule has 184 valence electrons. The van der Waals surface area contributed by atoms with Gasteiger partial charge in [0.15, 0.2) is 11.5 Å². The average molecular weight is 490 g/mol. The van der Waals surface area contributed by atoms with Gasteiger partial charge in [-0.25, -0.2) is 0 Å². The Kier molecular flexibility index (Phi) is 5.68. The highest BCUT2D eigenvalue weighted by molar-refractivity contribution is 5.94. The average Bonchev–Trinajstić information content (AvgIpc) is 2.88. The van der Waals surface area contributed by atoms with E-state index in [1.165, 1.54) is 26.5 Å². The molecule has 2 heterocycles. The maximum Gasteiger partial charge on any atom is 0.312 e. The highest BCUT2D eigenvalue weighted by Gasteiger charge is 2.34. The number of phenolic OH excluding ortho intramolecular Hbond substituents is 2. The normalized spacial score (nSPS) is 14.8. The number of phenols is 2. The lowest BCUT2D eigenvalue weighted by atomic mass is 9.84. The summed E-state index contributed by atoms with van der Waals surface area (Å²) in [5.41, 5.74) is 1.45. The van der Waals surface area contributed by atoms with Crippen LogP contribution in [0.3, 0.4) is 0 Å². The standard InChI is InChI=1S/C27H22O9/c1-32-15-6-4-13(5-7-15)17-12-35-27-23-16(14-8-20(33-2)26(31)21(9-14)34-3)10-22(29)36-19(23)11-18(28)24(27)25(17)30/h4-9,11-12,16,28,31H,10H2,1-3H3. The van der Waals surface area contributed by atoms with E-state index >= 15 is 0 Å². The minimum absolute atomic E-state index is 0.0391. The Bertz CT molecular complexity index is 1530. The predicted molar refractivity (Wildman–Crippen MR) is 129 cm³/mol. The molecule has 0 saturated carbocycles. The number of methoxy groups -OCH3 is 3. The summed E-state index contributed by atoms with van der Waals surface area (Å²) in [5.74, 6) is -0.724. The van der Waals surface area contributed by atoms with Gasteiger partial charge in [0.1, 0.15) is 34.5 Å². The van der Waals surface area contributed by atoms with Gasteiger partial charge < -0.3 is 33.6 Å². The number of esters is 1. The van der Waals surface area contributed by atoms with Crippen molar-refractivity contribution in [3.63, 3.8) is 0 Å². The summed E-state index contributed by atoms with van der Waals surface area (Å²) >= 11 is 0. The Labute approximate surface area is 205 Å². The lowest BCUT2D eigenvalue weighted by Gasteiger charge is -2.26. The number of ether oxygens (including phenoxy) is 4. The van der Waals surface area contributed by atoms with Crippen molar-refractivity contribution in [2.75, 3.05) is 21.3 Å². The van der Waals surface area contributed by atoms with Crippen molar-refractivity contribution in [2.24, 2.45) is 0 Å². The van der Waals surface area contributed by atoms with E-state index in [1.807, 2.05) is 0 Å². The molecule has 1 aliphatic heterocycles. The Morgan fingerprint density at radius 3 is 2.19 bits per heavy atom. The van der Waals surface area contributed by atoms with Crippen molar-refractivity contribution >= 4 is 16.9 Å². The first-order valence-corrected chi connectivity index (χ1v) is 11.0. The number of carbonyl (C=O) groups is 1. The van der Waals surface area contributed by atoms with Crippen LogP contribution in [0.15, 0.2) is 57.9 Å². The zero-order valence-electron chi connectivity index (χ0n) is 19.7. The van der Waals surface area contributed by atoms with Gasteiger partial charge in [-0.05, 0) is 35.4 Å². The van der Waals surface area contributed by atoms with Gasteiger partial charge in [0.25, 0.3) is 0 Å². The van der Waals surface area contributed by atoms with E-state index in [0.29, 0.717) is 22.4 Å². The number of rotatable bonds is 5. The molecule has 0 saturated heterocycles. The van der Waals surface area contributed by atoms with E-state index in [2.05, 4.69) is 0 Å². The Morgan fingerprint density at radius 1 is 0.917 bits per heavy atom. The van der Waals surface area contributed by atoms with Crippen LogP contribution in [-0.2, 0) is 4.79 Å². The smallest absolute Gasteiger partial charge is 0.312 e. The topological polar surface area (TPSA) is 125 Å². The summed E-state index contributed by atoms with van der Waals surface area (Å²) in [4.78, 5) is 26.0. The molecule has 0 fully saturated rings. The second-order valence-electron chi connectivity index (χ2n) is 8.22. The number of fused-ring (bicyclic) bond motifs is 3. The first-order chi connectivity index (χ1) is 17.4. The SMILES string of the molecule is COc1ccc(-c2coc3c4c(cc(O)c3c2=O)OC(=O)CC4c2cc(OC)c(O)c(OC)c2)cc1. The van der Waals surface area contributed by atoms with Crippen LogP contribution in [0.2, 0.25) is 0 Å². The van der Waals surface area contributed by atoms with Gasteiger partial charge in [0.2, 0.25) is 11.2 Å². The van der Waals surface area contributed by atoms with Gasteiger partial charge in [0, 0.05) is 17.5 Å². The molecule has 1 unspecified atom stereocenters. The fourth-order valence-electron chi connectivity index (χ4n) is 4.50. The first-order valence-electron chi connectivity index (χ1n) is 11.0. The highest BCUT2D eigenvalue weighted by Crippen LogP contribution is 2.48. The molecule has 1 aliphatic rings. The van der Waals surface area contributed by atoms with Gasteiger partial charge in [-0.15, -0.1) is 0 Å². The van der Waals surface area contributed by atoms with Crippen LogP contribution in [-0.4, -0.2) is 37.5 Å². The molecule has 3 aromatic carbocycles. The summed E-state index contributed by atoms with van der Waals surface area (Å²) in [6.45, 7) is 0.